The molecule has 1 N–H and O–H groups in total. The van der Waals surface area contributed by atoms with Gasteiger partial charge in [-0.05, 0) is 61.3 Å². The molecular formula is C23H24Cl3NO. The molecule has 5 heteroatoms. The summed E-state index contributed by atoms with van der Waals surface area (Å²) in [6.45, 7) is 4.19. The molecule has 0 heterocycles. The minimum atomic E-state index is 0. The predicted octanol–water partition coefficient (Wildman–Crippen LogP) is 6.63. The number of hydrogen-bond acceptors (Lipinski definition) is 2. The molecule has 0 unspecified atom stereocenters. The van der Waals surface area contributed by atoms with E-state index in [1.807, 2.05) is 30.3 Å². The molecule has 2 nitrogen and oxygen atoms in total. The van der Waals surface area contributed by atoms with Crippen LogP contribution >= 0.6 is 35.6 Å². The van der Waals surface area contributed by atoms with Crippen LogP contribution < -0.4 is 10.1 Å². The first-order chi connectivity index (χ1) is 13.1. The van der Waals surface area contributed by atoms with E-state index < -0.39 is 0 Å². The average molecular weight is 437 g/mol. The van der Waals surface area contributed by atoms with E-state index >= 15 is 0 Å². The molecular weight excluding hydrogens is 413 g/mol. The molecule has 3 rings (SSSR count). The first-order valence-electron chi connectivity index (χ1n) is 9.02. The maximum atomic E-state index is 6.18. The second-order valence-corrected chi connectivity index (χ2v) is 7.45. The molecule has 0 aromatic heterocycles. The van der Waals surface area contributed by atoms with Crippen molar-refractivity contribution in [1.82, 2.24) is 5.32 Å². The van der Waals surface area contributed by atoms with Gasteiger partial charge in [0.25, 0.3) is 0 Å². The molecule has 0 atom stereocenters. The Morgan fingerprint density at radius 1 is 0.821 bits per heavy atom. The van der Waals surface area contributed by atoms with Gasteiger partial charge in [0.1, 0.15) is 12.4 Å². The van der Waals surface area contributed by atoms with Gasteiger partial charge in [-0.25, -0.2) is 0 Å². The summed E-state index contributed by atoms with van der Waals surface area (Å²) in [5, 5.41) is 4.95. The minimum Gasteiger partial charge on any atom is -0.489 e. The molecule has 0 spiro atoms. The lowest BCUT2D eigenvalue weighted by Crippen LogP contribution is -2.17. The Morgan fingerprint density at radius 2 is 1.46 bits per heavy atom. The molecule has 0 saturated carbocycles. The van der Waals surface area contributed by atoms with Crippen molar-refractivity contribution >= 4 is 35.6 Å². The average Bonchev–Trinajstić information content (AvgIpc) is 2.67. The van der Waals surface area contributed by atoms with Gasteiger partial charge in [0.05, 0.1) is 0 Å². The molecule has 0 saturated heterocycles. The molecule has 28 heavy (non-hydrogen) atoms. The molecule has 3 aromatic carbocycles. The smallest absolute Gasteiger partial charge is 0.124 e. The standard InChI is InChI=1S/C23H23Cl2NO.ClH/c1-17-2-4-19(5-3-17)16-27-23-11-10-22(25)14-20(23)15-26-13-12-18-6-8-21(24)9-7-18;/h2-11,14,26H,12-13,15-16H2,1H3;1H. The summed E-state index contributed by atoms with van der Waals surface area (Å²) < 4.78 is 6.03. The molecule has 148 valence electrons. The Morgan fingerprint density at radius 3 is 2.18 bits per heavy atom. The molecule has 0 aliphatic carbocycles. The summed E-state index contributed by atoms with van der Waals surface area (Å²) in [5.74, 6) is 0.860. The van der Waals surface area contributed by atoms with Crippen LogP contribution in [0.3, 0.4) is 0 Å². The van der Waals surface area contributed by atoms with Crippen molar-refractivity contribution in [3.8, 4) is 5.75 Å². The van der Waals surface area contributed by atoms with Crippen molar-refractivity contribution in [2.75, 3.05) is 6.54 Å². The minimum absolute atomic E-state index is 0. The third kappa shape index (κ3) is 7.03. The van der Waals surface area contributed by atoms with E-state index in [0.717, 1.165) is 34.9 Å². The number of nitrogens with one attached hydrogen (secondary N) is 1. The number of benzene rings is 3. The monoisotopic (exact) mass is 435 g/mol. The van der Waals surface area contributed by atoms with Crippen LogP contribution in [-0.2, 0) is 19.6 Å². The Kier molecular flexibility index (Phi) is 9.14. The van der Waals surface area contributed by atoms with Crippen molar-refractivity contribution < 1.29 is 4.74 Å². The van der Waals surface area contributed by atoms with Crippen molar-refractivity contribution in [3.05, 3.63) is 99.0 Å². The van der Waals surface area contributed by atoms with Crippen molar-refractivity contribution in [1.29, 1.82) is 0 Å². The number of halogens is 3. The van der Waals surface area contributed by atoms with Crippen LogP contribution in [0.1, 0.15) is 22.3 Å². The van der Waals surface area contributed by atoms with E-state index in [1.165, 1.54) is 11.1 Å². The van der Waals surface area contributed by atoms with Gasteiger partial charge in [0.15, 0.2) is 0 Å². The third-order valence-electron chi connectivity index (χ3n) is 4.36. The van der Waals surface area contributed by atoms with E-state index in [4.69, 9.17) is 27.9 Å². The van der Waals surface area contributed by atoms with E-state index in [1.54, 1.807) is 0 Å². The van der Waals surface area contributed by atoms with Gasteiger partial charge in [-0.15, -0.1) is 12.4 Å². The first-order valence-corrected chi connectivity index (χ1v) is 9.78. The fourth-order valence-corrected chi connectivity index (χ4v) is 3.10. The summed E-state index contributed by atoms with van der Waals surface area (Å²) in [6.07, 6.45) is 0.942. The fourth-order valence-electron chi connectivity index (χ4n) is 2.78. The molecule has 0 fully saturated rings. The van der Waals surface area contributed by atoms with Crippen LogP contribution in [0, 0.1) is 6.92 Å². The first kappa shape index (κ1) is 22.6. The normalized spacial score (nSPS) is 10.4. The molecule has 0 radical (unpaired) electrons. The molecule has 0 aliphatic heterocycles. The topological polar surface area (TPSA) is 21.3 Å². The summed E-state index contributed by atoms with van der Waals surface area (Å²) >= 11 is 12.1. The van der Waals surface area contributed by atoms with Crippen molar-refractivity contribution in [2.24, 2.45) is 0 Å². The molecule has 3 aromatic rings. The van der Waals surface area contributed by atoms with E-state index in [2.05, 4.69) is 48.6 Å². The number of ether oxygens (including phenoxy) is 1. The summed E-state index contributed by atoms with van der Waals surface area (Å²) in [6, 6.07) is 22.1. The van der Waals surface area contributed by atoms with Crippen LogP contribution in [0.4, 0.5) is 0 Å². The Balaban J connectivity index is 0.00000280. The van der Waals surface area contributed by atoms with Gasteiger partial charge in [-0.3, -0.25) is 0 Å². The van der Waals surface area contributed by atoms with E-state index in [0.29, 0.717) is 18.2 Å². The quantitative estimate of drug-likeness (QED) is 0.400. The highest BCUT2D eigenvalue weighted by molar-refractivity contribution is 6.30. The molecule has 0 bridgehead atoms. The SMILES string of the molecule is Cc1ccc(COc2ccc(Cl)cc2CNCCc2ccc(Cl)cc2)cc1.Cl. The Hall–Kier alpha value is -1.71. The summed E-state index contributed by atoms with van der Waals surface area (Å²) in [7, 11) is 0. The van der Waals surface area contributed by atoms with Gasteiger partial charge in [-0.1, -0.05) is 65.2 Å². The third-order valence-corrected chi connectivity index (χ3v) is 4.84. The van der Waals surface area contributed by atoms with E-state index in [-0.39, 0.29) is 12.4 Å². The van der Waals surface area contributed by atoms with E-state index in [9.17, 15) is 0 Å². The zero-order valence-electron chi connectivity index (χ0n) is 15.8. The maximum absolute atomic E-state index is 6.18. The second-order valence-electron chi connectivity index (χ2n) is 6.58. The van der Waals surface area contributed by atoms with Gasteiger partial charge in [-0.2, -0.15) is 0 Å². The lowest BCUT2D eigenvalue weighted by atomic mass is 10.1. The fraction of sp³-hybridized carbons (Fsp3) is 0.217. The highest BCUT2D eigenvalue weighted by atomic mass is 35.5. The number of aryl methyl sites for hydroxylation is 1. The maximum Gasteiger partial charge on any atom is 0.124 e. The van der Waals surface area contributed by atoms with Crippen LogP contribution in [0.2, 0.25) is 10.0 Å². The molecule has 0 aliphatic rings. The van der Waals surface area contributed by atoms with Gasteiger partial charge in [0, 0.05) is 22.2 Å². The van der Waals surface area contributed by atoms with Gasteiger partial charge in [0.2, 0.25) is 0 Å². The van der Waals surface area contributed by atoms with Gasteiger partial charge >= 0.3 is 0 Å². The number of hydrogen-bond donors (Lipinski definition) is 1. The largest absolute Gasteiger partial charge is 0.489 e. The van der Waals surface area contributed by atoms with Crippen molar-refractivity contribution in [3.63, 3.8) is 0 Å². The highest BCUT2D eigenvalue weighted by Gasteiger charge is 2.06. The predicted molar refractivity (Wildman–Crippen MR) is 121 cm³/mol. The molecule has 0 amide bonds. The second kappa shape index (κ2) is 11.3. The van der Waals surface area contributed by atoms with Gasteiger partial charge < -0.3 is 10.1 Å². The number of rotatable bonds is 8. The van der Waals surface area contributed by atoms with Crippen LogP contribution in [0.15, 0.2) is 66.7 Å². The zero-order valence-corrected chi connectivity index (χ0v) is 18.1. The summed E-state index contributed by atoms with van der Waals surface area (Å²) in [4.78, 5) is 0. The van der Waals surface area contributed by atoms with Crippen LogP contribution in [0.5, 0.6) is 5.75 Å². The Labute approximate surface area is 183 Å². The lowest BCUT2D eigenvalue weighted by molar-refractivity contribution is 0.302. The van der Waals surface area contributed by atoms with Crippen molar-refractivity contribution in [2.45, 2.75) is 26.5 Å². The summed E-state index contributed by atoms with van der Waals surface area (Å²) in [5.41, 5.74) is 4.72. The Bertz CT molecular complexity index is 864. The van der Waals surface area contributed by atoms with Crippen LogP contribution in [-0.4, -0.2) is 6.54 Å². The highest BCUT2D eigenvalue weighted by Crippen LogP contribution is 2.24. The zero-order chi connectivity index (χ0) is 19.1. The van der Waals surface area contributed by atoms with Crippen LogP contribution in [0.25, 0.3) is 0 Å². The lowest BCUT2D eigenvalue weighted by Gasteiger charge is -2.13.